The Morgan fingerprint density at radius 1 is 1.00 bits per heavy atom. The summed E-state index contributed by atoms with van der Waals surface area (Å²) >= 11 is 0. The number of aryl methyl sites for hydroxylation is 1. The number of carboxylic acids is 1. The maximum absolute atomic E-state index is 13.7. The summed E-state index contributed by atoms with van der Waals surface area (Å²) in [5.74, 6) is -0.833. The number of fused-ring (bicyclic) bond motifs is 3. The minimum atomic E-state index is -1.13. The van der Waals surface area contributed by atoms with Crippen molar-refractivity contribution in [2.24, 2.45) is 11.8 Å². The van der Waals surface area contributed by atoms with Crippen LogP contribution in [0.3, 0.4) is 0 Å². The summed E-state index contributed by atoms with van der Waals surface area (Å²) in [5.41, 5.74) is 2.62. The number of carboxylic acid groups (broad SMARTS) is 1. The summed E-state index contributed by atoms with van der Waals surface area (Å²) in [6.45, 7) is 8.73. The number of ether oxygens (including phenoxy) is 3. The molecule has 1 aliphatic rings. The molecule has 0 fully saturated rings. The molecule has 0 radical (unpaired) electrons. The molecule has 0 bridgehead atoms. The standard InChI is InChI=1S/C32H43N3O8/c1-16(2)13-24(31(38)35-28(17(3)4)32(39)40)34-23-12-10-20-21(15-25(23)37)22(33-18(5)36)11-9-19-14-26(41-6)29(42-7)30(43-8)27(19)20/h10,12,14-17,22,24,28H,9,11,13H2,1-8H3,(H,33,36)(H,34,37)(H,35,38)(H,39,40). The van der Waals surface area contributed by atoms with Gasteiger partial charge in [0.05, 0.1) is 33.1 Å². The smallest absolute Gasteiger partial charge is 0.326 e. The first-order chi connectivity index (χ1) is 20.3. The summed E-state index contributed by atoms with van der Waals surface area (Å²) in [7, 11) is 4.58. The lowest BCUT2D eigenvalue weighted by Gasteiger charge is -2.24. The summed E-state index contributed by atoms with van der Waals surface area (Å²) < 4.78 is 17.0. The normalized spacial score (nSPS) is 15.3. The van der Waals surface area contributed by atoms with Crippen LogP contribution in [-0.4, -0.2) is 56.3 Å². The Hall–Kier alpha value is -4.28. The molecule has 3 rings (SSSR count). The molecule has 0 saturated carbocycles. The largest absolute Gasteiger partial charge is 0.493 e. The first kappa shape index (κ1) is 33.2. The molecule has 3 unspecified atom stereocenters. The third-order valence-corrected chi connectivity index (χ3v) is 7.50. The van der Waals surface area contributed by atoms with Gasteiger partial charge in [0.2, 0.25) is 23.0 Å². The van der Waals surface area contributed by atoms with Crippen molar-refractivity contribution in [2.45, 2.75) is 72.0 Å². The number of methoxy groups -OCH3 is 3. The second-order valence-corrected chi connectivity index (χ2v) is 11.5. The Balaban J connectivity index is 2.21. The molecule has 0 aromatic heterocycles. The lowest BCUT2D eigenvalue weighted by molar-refractivity contribution is -0.143. The number of rotatable bonds is 12. The fourth-order valence-corrected chi connectivity index (χ4v) is 5.48. The number of amides is 2. The molecule has 11 nitrogen and oxygen atoms in total. The third kappa shape index (κ3) is 7.57. The van der Waals surface area contributed by atoms with E-state index in [-0.39, 0.29) is 28.9 Å². The Bertz CT molecular complexity index is 1420. The van der Waals surface area contributed by atoms with Crippen molar-refractivity contribution in [1.29, 1.82) is 0 Å². The fraction of sp³-hybridized carbons (Fsp3) is 0.500. The average Bonchev–Trinajstić information content (AvgIpc) is 3.18. The minimum Gasteiger partial charge on any atom is -0.493 e. The molecular weight excluding hydrogens is 554 g/mol. The Labute approximate surface area is 252 Å². The van der Waals surface area contributed by atoms with Crippen LogP contribution in [0.2, 0.25) is 0 Å². The van der Waals surface area contributed by atoms with Gasteiger partial charge in [-0.05, 0) is 66.0 Å². The highest BCUT2D eigenvalue weighted by Crippen LogP contribution is 2.50. The topological polar surface area (TPSA) is 152 Å². The number of carbonyl (C=O) groups is 3. The van der Waals surface area contributed by atoms with Crippen molar-refractivity contribution >= 4 is 23.5 Å². The number of aliphatic carboxylic acids is 1. The van der Waals surface area contributed by atoms with Gasteiger partial charge in [0.15, 0.2) is 11.5 Å². The monoisotopic (exact) mass is 597 g/mol. The molecule has 0 aliphatic heterocycles. The van der Waals surface area contributed by atoms with E-state index in [1.54, 1.807) is 33.1 Å². The van der Waals surface area contributed by atoms with Gasteiger partial charge in [-0.2, -0.15) is 0 Å². The van der Waals surface area contributed by atoms with Crippen molar-refractivity contribution in [2.75, 3.05) is 26.6 Å². The predicted molar refractivity (Wildman–Crippen MR) is 164 cm³/mol. The van der Waals surface area contributed by atoms with Crippen molar-refractivity contribution in [3.05, 3.63) is 45.6 Å². The van der Waals surface area contributed by atoms with Crippen LogP contribution in [0.1, 0.15) is 64.6 Å². The summed E-state index contributed by atoms with van der Waals surface area (Å²) in [4.78, 5) is 51.0. The van der Waals surface area contributed by atoms with Crippen LogP contribution < -0.4 is 35.6 Å². The maximum atomic E-state index is 13.7. The molecule has 43 heavy (non-hydrogen) atoms. The first-order valence-electron chi connectivity index (χ1n) is 14.4. The molecule has 2 aromatic rings. The fourth-order valence-electron chi connectivity index (χ4n) is 5.48. The average molecular weight is 598 g/mol. The van der Waals surface area contributed by atoms with Crippen LogP contribution >= 0.6 is 0 Å². The van der Waals surface area contributed by atoms with Gasteiger partial charge in [0, 0.05) is 12.5 Å². The second-order valence-electron chi connectivity index (χ2n) is 11.5. The minimum absolute atomic E-state index is 0.0672. The molecule has 0 spiro atoms. The number of hydrogen-bond donors (Lipinski definition) is 4. The van der Waals surface area contributed by atoms with Gasteiger partial charge in [-0.1, -0.05) is 33.8 Å². The molecule has 1 aliphatic carbocycles. The lowest BCUT2D eigenvalue weighted by Crippen LogP contribution is -2.50. The number of benzene rings is 1. The Morgan fingerprint density at radius 2 is 1.67 bits per heavy atom. The van der Waals surface area contributed by atoms with E-state index in [0.29, 0.717) is 53.2 Å². The zero-order chi connectivity index (χ0) is 32.0. The third-order valence-electron chi connectivity index (χ3n) is 7.50. The highest BCUT2D eigenvalue weighted by atomic mass is 16.5. The van der Waals surface area contributed by atoms with Crippen LogP contribution in [0.25, 0.3) is 11.1 Å². The molecule has 2 amide bonds. The number of nitrogens with one attached hydrogen (secondary N) is 3. The molecule has 3 atom stereocenters. The number of carbonyl (C=O) groups excluding carboxylic acids is 2. The van der Waals surface area contributed by atoms with E-state index in [1.807, 2.05) is 19.9 Å². The molecule has 4 N–H and O–H groups in total. The molecule has 2 aromatic carbocycles. The first-order valence-corrected chi connectivity index (χ1v) is 14.4. The van der Waals surface area contributed by atoms with Gasteiger partial charge in [0.1, 0.15) is 12.1 Å². The molecule has 0 heterocycles. The van der Waals surface area contributed by atoms with Gasteiger partial charge in [-0.15, -0.1) is 0 Å². The van der Waals surface area contributed by atoms with Crippen molar-refractivity contribution < 1.29 is 33.7 Å². The van der Waals surface area contributed by atoms with Gasteiger partial charge in [-0.25, -0.2) is 4.79 Å². The summed E-state index contributed by atoms with van der Waals surface area (Å²) in [5, 5.41) is 18.3. The number of anilines is 1. The lowest BCUT2D eigenvalue weighted by atomic mass is 9.95. The van der Waals surface area contributed by atoms with Gasteiger partial charge in [0.25, 0.3) is 0 Å². The van der Waals surface area contributed by atoms with Gasteiger partial charge in [-0.3, -0.25) is 14.4 Å². The van der Waals surface area contributed by atoms with Crippen molar-refractivity contribution in [3.8, 4) is 28.4 Å². The SMILES string of the molecule is COc1cc2c(c(OC)c1OC)-c1ccc(NC(CC(C)C)C(=O)NC(C(=O)O)C(C)C)c(=O)cc1C(NC(C)=O)CC2. The highest BCUT2D eigenvalue weighted by Gasteiger charge is 2.31. The number of hydrogen-bond acceptors (Lipinski definition) is 8. The Kier molecular flexibility index (Phi) is 11.0. The van der Waals surface area contributed by atoms with Crippen LogP contribution in [-0.2, 0) is 20.8 Å². The molecule has 234 valence electrons. The zero-order valence-corrected chi connectivity index (χ0v) is 26.1. The van der Waals surface area contributed by atoms with Crippen molar-refractivity contribution in [3.63, 3.8) is 0 Å². The van der Waals surface area contributed by atoms with E-state index in [1.165, 1.54) is 27.2 Å². The quantitative estimate of drug-likeness (QED) is 0.285. The molecule has 11 heteroatoms. The zero-order valence-electron chi connectivity index (χ0n) is 26.1. The van der Waals surface area contributed by atoms with Crippen LogP contribution in [0.15, 0.2) is 29.1 Å². The van der Waals surface area contributed by atoms with E-state index >= 15 is 0 Å². The van der Waals surface area contributed by atoms with Crippen LogP contribution in [0.4, 0.5) is 5.69 Å². The van der Waals surface area contributed by atoms with E-state index in [4.69, 9.17) is 14.2 Å². The highest BCUT2D eigenvalue weighted by molar-refractivity contribution is 5.89. The van der Waals surface area contributed by atoms with E-state index in [0.717, 1.165) is 5.56 Å². The van der Waals surface area contributed by atoms with Gasteiger partial charge < -0.3 is 35.3 Å². The molecular formula is C32H43N3O8. The van der Waals surface area contributed by atoms with E-state index < -0.39 is 30.0 Å². The molecule has 0 saturated heterocycles. The van der Waals surface area contributed by atoms with Crippen LogP contribution in [0.5, 0.6) is 17.2 Å². The predicted octanol–water partition coefficient (Wildman–Crippen LogP) is 3.92. The van der Waals surface area contributed by atoms with E-state index in [2.05, 4.69) is 16.0 Å². The van der Waals surface area contributed by atoms with Crippen molar-refractivity contribution in [1.82, 2.24) is 10.6 Å². The van der Waals surface area contributed by atoms with E-state index in [9.17, 15) is 24.3 Å². The summed E-state index contributed by atoms with van der Waals surface area (Å²) in [6.07, 6.45) is 1.43. The Morgan fingerprint density at radius 3 is 2.21 bits per heavy atom. The van der Waals surface area contributed by atoms with Crippen LogP contribution in [0, 0.1) is 11.8 Å². The maximum Gasteiger partial charge on any atom is 0.326 e. The summed E-state index contributed by atoms with van der Waals surface area (Å²) in [6, 6.07) is 4.30. The van der Waals surface area contributed by atoms with Gasteiger partial charge >= 0.3 is 5.97 Å². The second kappa shape index (κ2) is 14.3.